The highest BCUT2D eigenvalue weighted by Gasteiger charge is 2.57. The number of barbiturate groups is 1. The molecule has 2 heterocycles. The molecule has 2 aliphatic rings. The van der Waals surface area contributed by atoms with Crippen LogP contribution < -0.4 is 5.32 Å². The quantitative estimate of drug-likeness (QED) is 0.816. The first-order valence-electron chi connectivity index (χ1n) is 7.03. The number of urea groups is 1. The Bertz CT molecular complexity index is 657. The molecule has 0 bridgehead atoms. The van der Waals surface area contributed by atoms with Crippen molar-refractivity contribution < 1.29 is 14.4 Å². The number of imide groups is 2. The molecule has 1 saturated heterocycles. The van der Waals surface area contributed by atoms with Crippen LogP contribution in [0.2, 0.25) is 0 Å². The summed E-state index contributed by atoms with van der Waals surface area (Å²) in [5.74, 6) is -0.815. The number of nitrogens with one attached hydrogen (secondary N) is 1. The maximum absolute atomic E-state index is 12.6. The van der Waals surface area contributed by atoms with Gasteiger partial charge in [0.2, 0.25) is 11.8 Å². The van der Waals surface area contributed by atoms with Gasteiger partial charge in [0.1, 0.15) is 5.41 Å². The number of hydrogen-bond donors (Lipinski definition) is 1. The Kier molecular flexibility index (Phi) is 2.89. The number of aromatic nitrogens is 2. The van der Waals surface area contributed by atoms with Crippen molar-refractivity contribution in [3.63, 3.8) is 0 Å². The Morgan fingerprint density at radius 2 is 1.90 bits per heavy atom. The zero-order valence-corrected chi connectivity index (χ0v) is 12.4. The number of aryl methyl sites for hydroxylation is 2. The summed E-state index contributed by atoms with van der Waals surface area (Å²) in [7, 11) is 1.82. The molecule has 1 saturated carbocycles. The van der Waals surface area contributed by atoms with Crippen molar-refractivity contribution >= 4 is 17.8 Å². The third-order valence-corrected chi connectivity index (χ3v) is 4.74. The van der Waals surface area contributed by atoms with Crippen LogP contribution in [0.4, 0.5) is 4.79 Å². The van der Waals surface area contributed by atoms with Gasteiger partial charge in [-0.1, -0.05) is 6.42 Å². The van der Waals surface area contributed by atoms with Gasteiger partial charge in [-0.05, 0) is 26.7 Å². The minimum Gasteiger partial charge on any atom is -0.277 e. The van der Waals surface area contributed by atoms with Gasteiger partial charge in [0, 0.05) is 18.3 Å². The van der Waals surface area contributed by atoms with Crippen molar-refractivity contribution in [2.24, 2.45) is 12.5 Å². The average molecular weight is 290 g/mol. The fourth-order valence-corrected chi connectivity index (χ4v) is 3.05. The first-order chi connectivity index (χ1) is 9.86. The summed E-state index contributed by atoms with van der Waals surface area (Å²) in [6.07, 6.45) is 1.88. The molecule has 4 amide bonds. The molecule has 0 unspecified atom stereocenters. The molecule has 112 valence electrons. The fraction of sp³-hybridized carbons (Fsp3) is 0.571. The zero-order valence-electron chi connectivity index (χ0n) is 12.4. The van der Waals surface area contributed by atoms with Gasteiger partial charge in [-0.15, -0.1) is 0 Å². The molecule has 7 heteroatoms. The van der Waals surface area contributed by atoms with E-state index in [2.05, 4.69) is 10.4 Å². The molecule has 1 aromatic rings. The third-order valence-electron chi connectivity index (χ3n) is 4.74. The van der Waals surface area contributed by atoms with Crippen LogP contribution in [0, 0.1) is 19.3 Å². The summed E-state index contributed by atoms with van der Waals surface area (Å²) in [6, 6.07) is -0.634. The zero-order chi connectivity index (χ0) is 15.4. The van der Waals surface area contributed by atoms with E-state index in [4.69, 9.17) is 0 Å². The summed E-state index contributed by atoms with van der Waals surface area (Å²) in [4.78, 5) is 37.7. The van der Waals surface area contributed by atoms with E-state index in [0.29, 0.717) is 12.8 Å². The van der Waals surface area contributed by atoms with E-state index in [-0.39, 0.29) is 12.5 Å². The molecule has 0 atom stereocenters. The summed E-state index contributed by atoms with van der Waals surface area (Å²) < 4.78 is 1.72. The van der Waals surface area contributed by atoms with Gasteiger partial charge in [0.25, 0.3) is 0 Å². The van der Waals surface area contributed by atoms with Gasteiger partial charge in [0.15, 0.2) is 0 Å². The van der Waals surface area contributed by atoms with Crippen LogP contribution >= 0.6 is 0 Å². The average Bonchev–Trinajstić information content (AvgIpc) is 2.58. The lowest BCUT2D eigenvalue weighted by molar-refractivity contribution is -0.158. The first kappa shape index (κ1) is 13.8. The van der Waals surface area contributed by atoms with E-state index < -0.39 is 17.4 Å². The smallest absolute Gasteiger partial charge is 0.277 e. The Balaban J connectivity index is 1.92. The monoisotopic (exact) mass is 290 g/mol. The molecule has 21 heavy (non-hydrogen) atoms. The standard InChI is InChI=1S/C14H18N4O3/c1-8-10(9(2)17(3)16-8)7-18-12(20)14(5-4-6-14)11(19)15-13(18)21/h4-7H2,1-3H3,(H,15,19,21). The van der Waals surface area contributed by atoms with Crippen molar-refractivity contribution in [3.05, 3.63) is 17.0 Å². The van der Waals surface area contributed by atoms with E-state index >= 15 is 0 Å². The van der Waals surface area contributed by atoms with Crippen molar-refractivity contribution in [1.82, 2.24) is 20.0 Å². The molecule has 1 N–H and O–H groups in total. The van der Waals surface area contributed by atoms with Crippen LogP contribution in [0.15, 0.2) is 0 Å². The molecule has 1 spiro atoms. The fourth-order valence-electron chi connectivity index (χ4n) is 3.05. The van der Waals surface area contributed by atoms with Crippen LogP contribution in [0.25, 0.3) is 0 Å². The molecule has 0 radical (unpaired) electrons. The Morgan fingerprint density at radius 3 is 2.38 bits per heavy atom. The number of nitrogens with zero attached hydrogens (tertiary/aromatic N) is 3. The highest BCUT2D eigenvalue weighted by Crippen LogP contribution is 2.44. The molecule has 1 aliphatic carbocycles. The van der Waals surface area contributed by atoms with Crippen LogP contribution in [-0.4, -0.2) is 32.5 Å². The van der Waals surface area contributed by atoms with Gasteiger partial charge < -0.3 is 0 Å². The normalized spacial score (nSPS) is 20.7. The molecule has 2 fully saturated rings. The number of hydrogen-bond acceptors (Lipinski definition) is 4. The highest BCUT2D eigenvalue weighted by atomic mass is 16.2. The lowest BCUT2D eigenvalue weighted by Gasteiger charge is -2.44. The predicted octanol–water partition coefficient (Wildman–Crippen LogP) is 0.786. The second kappa shape index (κ2) is 4.41. The largest absolute Gasteiger partial charge is 0.331 e. The maximum Gasteiger partial charge on any atom is 0.331 e. The van der Waals surface area contributed by atoms with Crippen molar-refractivity contribution in [2.75, 3.05) is 0 Å². The minimum absolute atomic E-state index is 0.158. The third kappa shape index (κ3) is 1.80. The lowest BCUT2D eigenvalue weighted by atomic mass is 9.66. The van der Waals surface area contributed by atoms with Gasteiger partial charge in [-0.3, -0.25) is 24.5 Å². The Labute approximate surface area is 122 Å². The second-order valence-corrected chi connectivity index (χ2v) is 5.86. The van der Waals surface area contributed by atoms with Crippen molar-refractivity contribution in [1.29, 1.82) is 0 Å². The SMILES string of the molecule is Cc1nn(C)c(C)c1CN1C(=O)NC(=O)C2(CCC2)C1=O. The predicted molar refractivity (Wildman–Crippen MR) is 73.1 cm³/mol. The van der Waals surface area contributed by atoms with Gasteiger partial charge in [-0.2, -0.15) is 5.10 Å². The lowest BCUT2D eigenvalue weighted by Crippen LogP contribution is -2.65. The first-order valence-corrected chi connectivity index (χ1v) is 7.03. The molecule has 0 aromatic carbocycles. The number of carbonyl (C=O) groups excluding carboxylic acids is 3. The molecule has 3 rings (SSSR count). The molecule has 7 nitrogen and oxygen atoms in total. The highest BCUT2D eigenvalue weighted by molar-refractivity contribution is 6.19. The summed E-state index contributed by atoms with van der Waals surface area (Å²) in [6.45, 7) is 3.90. The van der Waals surface area contributed by atoms with Gasteiger partial charge in [0.05, 0.1) is 12.2 Å². The number of rotatable bonds is 2. The number of amides is 4. The maximum atomic E-state index is 12.6. The van der Waals surface area contributed by atoms with E-state index in [0.717, 1.165) is 28.3 Å². The summed E-state index contributed by atoms with van der Waals surface area (Å²) in [5, 5.41) is 6.61. The van der Waals surface area contributed by atoms with E-state index in [9.17, 15) is 14.4 Å². The summed E-state index contributed by atoms with van der Waals surface area (Å²) in [5.41, 5.74) is 1.53. The van der Waals surface area contributed by atoms with E-state index in [1.54, 1.807) is 4.68 Å². The second-order valence-electron chi connectivity index (χ2n) is 5.86. The Morgan fingerprint density at radius 1 is 1.24 bits per heavy atom. The van der Waals surface area contributed by atoms with Crippen LogP contribution in [0.5, 0.6) is 0 Å². The molecule has 1 aliphatic heterocycles. The number of carbonyl (C=O) groups is 3. The van der Waals surface area contributed by atoms with E-state index in [1.165, 1.54) is 0 Å². The van der Waals surface area contributed by atoms with E-state index in [1.807, 2.05) is 20.9 Å². The van der Waals surface area contributed by atoms with Crippen molar-refractivity contribution in [2.45, 2.75) is 39.7 Å². The van der Waals surface area contributed by atoms with Crippen molar-refractivity contribution in [3.8, 4) is 0 Å². The molecular formula is C14H18N4O3. The van der Waals surface area contributed by atoms with Crippen LogP contribution in [0.1, 0.15) is 36.2 Å². The Hall–Kier alpha value is -2.18. The van der Waals surface area contributed by atoms with Crippen LogP contribution in [0.3, 0.4) is 0 Å². The van der Waals surface area contributed by atoms with Gasteiger partial charge in [-0.25, -0.2) is 4.79 Å². The summed E-state index contributed by atoms with van der Waals surface area (Å²) >= 11 is 0. The molecular weight excluding hydrogens is 272 g/mol. The van der Waals surface area contributed by atoms with Crippen LogP contribution in [-0.2, 0) is 23.2 Å². The van der Waals surface area contributed by atoms with Gasteiger partial charge >= 0.3 is 6.03 Å². The topological polar surface area (TPSA) is 84.3 Å². The molecule has 1 aromatic heterocycles. The minimum atomic E-state index is -1.02.